The van der Waals surface area contributed by atoms with E-state index < -0.39 is 0 Å². The molecule has 0 radical (unpaired) electrons. The second kappa shape index (κ2) is 9.80. The molecule has 0 aliphatic carbocycles. The van der Waals surface area contributed by atoms with Gasteiger partial charge in [0.1, 0.15) is 11.5 Å². The second-order valence-electron chi connectivity index (χ2n) is 7.35. The first kappa shape index (κ1) is 21.2. The number of nitrogens with one attached hydrogen (secondary N) is 1. The maximum atomic E-state index is 12.8. The van der Waals surface area contributed by atoms with Crippen LogP contribution in [-0.2, 0) is 4.74 Å². The molecule has 1 fully saturated rings. The number of methoxy groups -OCH3 is 1. The number of furan rings is 1. The number of amides is 1. The van der Waals surface area contributed by atoms with E-state index in [1.807, 2.05) is 32.9 Å². The third-order valence-corrected chi connectivity index (χ3v) is 4.82. The molecule has 3 rings (SSSR count). The molecule has 1 aromatic heterocycles. The molecule has 1 aliphatic heterocycles. The van der Waals surface area contributed by atoms with Gasteiger partial charge in [0.05, 0.1) is 32.5 Å². The van der Waals surface area contributed by atoms with Crippen molar-refractivity contribution in [2.45, 2.75) is 32.9 Å². The van der Waals surface area contributed by atoms with Gasteiger partial charge in [-0.25, -0.2) is 0 Å². The van der Waals surface area contributed by atoms with Gasteiger partial charge in [0.15, 0.2) is 11.5 Å². The third-order valence-electron chi connectivity index (χ3n) is 4.82. The number of hydrogen-bond acceptors (Lipinski definition) is 6. The highest BCUT2D eigenvalue weighted by molar-refractivity contribution is 5.94. The largest absolute Gasteiger partial charge is 0.493 e. The summed E-state index contributed by atoms with van der Waals surface area (Å²) in [7, 11) is 1.57. The van der Waals surface area contributed by atoms with Gasteiger partial charge in [0.2, 0.25) is 0 Å². The second-order valence-corrected chi connectivity index (χ2v) is 7.35. The minimum Gasteiger partial charge on any atom is -0.493 e. The average molecular weight is 402 g/mol. The quantitative estimate of drug-likeness (QED) is 0.731. The Morgan fingerprint density at radius 2 is 1.93 bits per heavy atom. The Morgan fingerprint density at radius 3 is 2.55 bits per heavy atom. The topological polar surface area (TPSA) is 73.2 Å². The molecule has 1 unspecified atom stereocenters. The van der Waals surface area contributed by atoms with Crippen molar-refractivity contribution in [3.05, 3.63) is 47.4 Å². The summed E-state index contributed by atoms with van der Waals surface area (Å²) in [5, 5.41) is 3.04. The number of nitrogens with zero attached hydrogens (tertiary/aromatic N) is 1. The van der Waals surface area contributed by atoms with Crippen LogP contribution in [0.3, 0.4) is 0 Å². The van der Waals surface area contributed by atoms with Crippen molar-refractivity contribution in [1.82, 2.24) is 10.2 Å². The number of carbonyl (C=O) groups excluding carboxylic acids is 1. The van der Waals surface area contributed by atoms with E-state index in [0.29, 0.717) is 36.8 Å². The molecule has 7 heteroatoms. The van der Waals surface area contributed by atoms with Crippen molar-refractivity contribution in [2.75, 3.05) is 40.0 Å². The first-order valence-electron chi connectivity index (χ1n) is 9.99. The number of rotatable bonds is 8. The van der Waals surface area contributed by atoms with E-state index in [9.17, 15) is 4.79 Å². The Bertz CT molecular complexity index is 811. The molecule has 1 N–H and O–H groups in total. The molecule has 1 atom stereocenters. The molecule has 0 spiro atoms. The van der Waals surface area contributed by atoms with Crippen LogP contribution in [0.15, 0.2) is 34.7 Å². The lowest BCUT2D eigenvalue weighted by atomic mass is 10.1. The van der Waals surface area contributed by atoms with E-state index in [1.54, 1.807) is 25.3 Å². The van der Waals surface area contributed by atoms with Crippen LogP contribution in [0, 0.1) is 6.92 Å². The van der Waals surface area contributed by atoms with Crippen LogP contribution in [0.2, 0.25) is 0 Å². The zero-order chi connectivity index (χ0) is 20.8. The summed E-state index contributed by atoms with van der Waals surface area (Å²) in [4.78, 5) is 15.1. The number of aryl methyl sites for hydroxylation is 1. The average Bonchev–Trinajstić information content (AvgIpc) is 3.14. The van der Waals surface area contributed by atoms with Crippen molar-refractivity contribution in [1.29, 1.82) is 0 Å². The van der Waals surface area contributed by atoms with E-state index >= 15 is 0 Å². The van der Waals surface area contributed by atoms with Crippen LogP contribution in [0.4, 0.5) is 0 Å². The van der Waals surface area contributed by atoms with Gasteiger partial charge in [-0.3, -0.25) is 9.69 Å². The molecule has 1 aromatic carbocycles. The van der Waals surface area contributed by atoms with Crippen molar-refractivity contribution < 1.29 is 23.4 Å². The molecule has 158 valence electrons. The fourth-order valence-electron chi connectivity index (χ4n) is 3.38. The van der Waals surface area contributed by atoms with Crippen LogP contribution in [0.1, 0.15) is 41.8 Å². The Labute approximate surface area is 171 Å². The van der Waals surface area contributed by atoms with E-state index in [2.05, 4.69) is 10.2 Å². The summed E-state index contributed by atoms with van der Waals surface area (Å²) in [6.07, 6.45) is 0.0228. The fraction of sp³-hybridized carbons (Fsp3) is 0.500. The standard InChI is InChI=1S/C22H30N2O5/c1-15(2)28-20-8-6-17(13-21(20)26-4)22(25)23-14-18(19-7-5-16(3)29-19)24-9-11-27-12-10-24/h5-8,13,15,18H,9-12,14H2,1-4H3,(H,23,25). The van der Waals surface area contributed by atoms with Crippen LogP contribution in [0.25, 0.3) is 0 Å². The minimum atomic E-state index is -0.166. The summed E-state index contributed by atoms with van der Waals surface area (Å²) in [6, 6.07) is 9.10. The van der Waals surface area contributed by atoms with Gasteiger partial charge in [-0.15, -0.1) is 0 Å². The van der Waals surface area contributed by atoms with Gasteiger partial charge in [-0.05, 0) is 51.1 Å². The Balaban J connectivity index is 1.71. The Morgan fingerprint density at radius 1 is 1.17 bits per heavy atom. The summed E-state index contributed by atoms with van der Waals surface area (Å²) in [6.45, 7) is 9.22. The van der Waals surface area contributed by atoms with E-state index in [4.69, 9.17) is 18.6 Å². The highest BCUT2D eigenvalue weighted by atomic mass is 16.5. The molecular formula is C22H30N2O5. The van der Waals surface area contributed by atoms with E-state index in [1.165, 1.54) is 0 Å². The Hall–Kier alpha value is -2.51. The smallest absolute Gasteiger partial charge is 0.251 e. The SMILES string of the molecule is COc1cc(C(=O)NCC(c2ccc(C)o2)N2CCOCC2)ccc1OC(C)C. The summed E-state index contributed by atoms with van der Waals surface area (Å²) in [5.41, 5.74) is 0.523. The highest BCUT2D eigenvalue weighted by Crippen LogP contribution is 2.29. The maximum absolute atomic E-state index is 12.8. The summed E-state index contributed by atoms with van der Waals surface area (Å²) in [5.74, 6) is 2.70. The lowest BCUT2D eigenvalue weighted by molar-refractivity contribution is 0.0117. The van der Waals surface area contributed by atoms with Crippen LogP contribution < -0.4 is 14.8 Å². The summed E-state index contributed by atoms with van der Waals surface area (Å²) >= 11 is 0. The molecule has 2 aromatic rings. The summed E-state index contributed by atoms with van der Waals surface area (Å²) < 4.78 is 22.4. The van der Waals surface area contributed by atoms with Crippen molar-refractivity contribution in [2.24, 2.45) is 0 Å². The monoisotopic (exact) mass is 402 g/mol. The zero-order valence-electron chi connectivity index (χ0n) is 17.6. The molecule has 0 bridgehead atoms. The van der Waals surface area contributed by atoms with Gasteiger partial charge in [0, 0.05) is 25.2 Å². The van der Waals surface area contributed by atoms with Gasteiger partial charge in [-0.1, -0.05) is 0 Å². The number of ether oxygens (including phenoxy) is 3. The van der Waals surface area contributed by atoms with E-state index in [0.717, 1.165) is 24.6 Å². The molecule has 0 saturated carbocycles. The van der Waals surface area contributed by atoms with E-state index in [-0.39, 0.29) is 18.1 Å². The van der Waals surface area contributed by atoms with Crippen molar-refractivity contribution >= 4 is 5.91 Å². The van der Waals surface area contributed by atoms with Crippen molar-refractivity contribution in [3.8, 4) is 11.5 Å². The van der Waals surface area contributed by atoms with Gasteiger partial charge in [0.25, 0.3) is 5.91 Å². The molecule has 1 saturated heterocycles. The van der Waals surface area contributed by atoms with Crippen LogP contribution in [-0.4, -0.2) is 56.9 Å². The predicted octanol–water partition coefficient (Wildman–Crippen LogP) is 3.19. The number of morpholine rings is 1. The van der Waals surface area contributed by atoms with Gasteiger partial charge >= 0.3 is 0 Å². The molecular weight excluding hydrogens is 372 g/mol. The van der Waals surface area contributed by atoms with Gasteiger partial charge < -0.3 is 23.9 Å². The minimum absolute atomic E-state index is 0.0228. The number of hydrogen-bond donors (Lipinski definition) is 1. The lowest BCUT2D eigenvalue weighted by Crippen LogP contribution is -2.43. The number of carbonyl (C=O) groups is 1. The first-order chi connectivity index (χ1) is 14.0. The number of benzene rings is 1. The molecule has 29 heavy (non-hydrogen) atoms. The molecule has 2 heterocycles. The van der Waals surface area contributed by atoms with Crippen LogP contribution >= 0.6 is 0 Å². The lowest BCUT2D eigenvalue weighted by Gasteiger charge is -2.33. The molecule has 1 aliphatic rings. The molecule has 1 amide bonds. The maximum Gasteiger partial charge on any atom is 0.251 e. The third kappa shape index (κ3) is 5.52. The highest BCUT2D eigenvalue weighted by Gasteiger charge is 2.26. The van der Waals surface area contributed by atoms with Gasteiger partial charge in [-0.2, -0.15) is 0 Å². The molecule has 7 nitrogen and oxygen atoms in total. The zero-order valence-corrected chi connectivity index (χ0v) is 17.6. The predicted molar refractivity (Wildman–Crippen MR) is 110 cm³/mol. The Kier molecular flexibility index (Phi) is 7.17. The fourth-order valence-corrected chi connectivity index (χ4v) is 3.38. The normalized spacial score (nSPS) is 15.9. The van der Waals surface area contributed by atoms with Crippen LogP contribution in [0.5, 0.6) is 11.5 Å². The van der Waals surface area contributed by atoms with Crippen molar-refractivity contribution in [3.63, 3.8) is 0 Å². The first-order valence-corrected chi connectivity index (χ1v) is 9.99.